The zero-order valence-electron chi connectivity index (χ0n) is 20.6. The molecule has 1 fully saturated rings. The number of hydrogen-bond donors (Lipinski definition) is 1. The van der Waals surface area contributed by atoms with Gasteiger partial charge in [0.1, 0.15) is 11.6 Å². The topological polar surface area (TPSA) is 34.2 Å². The molecule has 3 heteroatoms. The number of benzene rings is 2. The quantitative estimate of drug-likeness (QED) is 0.370. The van der Waals surface area contributed by atoms with E-state index in [1.54, 1.807) is 0 Å². The number of aryl methyl sites for hydroxylation is 2. The van der Waals surface area contributed by atoms with Crippen LogP contribution in [0.3, 0.4) is 0 Å². The maximum atomic E-state index is 5.89. The number of ether oxygens (including phenoxy) is 1. The second-order valence-corrected chi connectivity index (χ2v) is 9.20. The van der Waals surface area contributed by atoms with Crippen LogP contribution in [0, 0.1) is 13.8 Å². The summed E-state index contributed by atoms with van der Waals surface area (Å²) < 4.78 is 5.89. The molecule has 1 saturated carbocycles. The molecule has 172 valence electrons. The first-order valence-corrected chi connectivity index (χ1v) is 12.2. The van der Waals surface area contributed by atoms with E-state index in [1.807, 2.05) is 13.1 Å². The Morgan fingerprint density at radius 3 is 2.48 bits per heavy atom. The Morgan fingerprint density at radius 1 is 1.06 bits per heavy atom. The normalized spacial score (nSPS) is 15.7. The summed E-state index contributed by atoms with van der Waals surface area (Å²) in [6.07, 6.45) is 7.60. The van der Waals surface area contributed by atoms with Crippen LogP contribution >= 0.6 is 0 Å². The van der Waals surface area contributed by atoms with Crippen LogP contribution in [0.15, 0.2) is 72.6 Å². The van der Waals surface area contributed by atoms with Gasteiger partial charge in [0.05, 0.1) is 6.61 Å². The molecule has 4 rings (SSSR count). The van der Waals surface area contributed by atoms with E-state index in [4.69, 9.17) is 9.72 Å². The molecule has 33 heavy (non-hydrogen) atoms. The number of aromatic nitrogens is 1. The lowest BCUT2D eigenvalue weighted by molar-refractivity contribution is 0.337. The molecule has 3 nitrogen and oxygen atoms in total. The predicted molar refractivity (Wildman–Crippen MR) is 138 cm³/mol. The van der Waals surface area contributed by atoms with Crippen molar-refractivity contribution >= 4 is 5.82 Å². The molecule has 0 bridgehead atoms. The third kappa shape index (κ3) is 4.83. The van der Waals surface area contributed by atoms with Gasteiger partial charge in [-0.25, -0.2) is 4.98 Å². The summed E-state index contributed by atoms with van der Waals surface area (Å²) in [4.78, 5) is 4.80. The summed E-state index contributed by atoms with van der Waals surface area (Å²) in [6, 6.07) is 19.6. The van der Waals surface area contributed by atoms with Crippen LogP contribution in [0.25, 0.3) is 0 Å². The third-order valence-electron chi connectivity index (χ3n) is 6.92. The zero-order chi connectivity index (χ0) is 23.4. The minimum Gasteiger partial charge on any atom is -0.494 e. The molecule has 2 aromatic carbocycles. The van der Waals surface area contributed by atoms with Crippen molar-refractivity contribution in [1.82, 2.24) is 4.98 Å². The molecule has 0 saturated heterocycles. The molecule has 0 amide bonds. The van der Waals surface area contributed by atoms with E-state index in [2.05, 4.69) is 93.7 Å². The third-order valence-corrected chi connectivity index (χ3v) is 6.92. The highest BCUT2D eigenvalue weighted by atomic mass is 16.5. The van der Waals surface area contributed by atoms with Gasteiger partial charge in [0, 0.05) is 23.2 Å². The van der Waals surface area contributed by atoms with Crippen molar-refractivity contribution in [1.29, 1.82) is 0 Å². The Balaban J connectivity index is 1.56. The first kappa shape index (κ1) is 23.1. The Bertz CT molecular complexity index is 1130. The maximum absolute atomic E-state index is 5.89. The van der Waals surface area contributed by atoms with E-state index in [0.717, 1.165) is 30.8 Å². The highest BCUT2D eigenvalue weighted by Crippen LogP contribution is 2.54. The molecule has 1 N–H and O–H groups in total. The number of hydrogen-bond acceptors (Lipinski definition) is 3. The lowest BCUT2D eigenvalue weighted by Crippen LogP contribution is -2.18. The molecule has 1 aromatic heterocycles. The number of nitrogens with zero attached hydrogens (tertiary/aromatic N) is 1. The van der Waals surface area contributed by atoms with Crippen molar-refractivity contribution in [2.45, 2.75) is 65.2 Å². The van der Waals surface area contributed by atoms with Crippen molar-refractivity contribution in [3.63, 3.8) is 0 Å². The molecule has 1 aliphatic carbocycles. The van der Waals surface area contributed by atoms with Crippen LogP contribution in [-0.4, -0.2) is 11.6 Å². The van der Waals surface area contributed by atoms with Crippen LogP contribution in [-0.2, 0) is 5.41 Å². The zero-order valence-corrected chi connectivity index (χ0v) is 20.6. The van der Waals surface area contributed by atoms with E-state index in [-0.39, 0.29) is 5.41 Å². The fourth-order valence-corrected chi connectivity index (χ4v) is 4.74. The van der Waals surface area contributed by atoms with Crippen molar-refractivity contribution < 1.29 is 4.74 Å². The summed E-state index contributed by atoms with van der Waals surface area (Å²) in [5, 5.41) is 3.67. The van der Waals surface area contributed by atoms with E-state index < -0.39 is 0 Å². The monoisotopic (exact) mass is 440 g/mol. The largest absolute Gasteiger partial charge is 0.494 e. The van der Waals surface area contributed by atoms with Crippen molar-refractivity contribution in [3.8, 4) is 5.75 Å². The van der Waals surface area contributed by atoms with Crippen LogP contribution < -0.4 is 10.1 Å². The molecular weight excluding hydrogens is 404 g/mol. The van der Waals surface area contributed by atoms with Gasteiger partial charge in [-0.2, -0.15) is 0 Å². The number of pyridine rings is 1. The molecular formula is C30H36N2O. The summed E-state index contributed by atoms with van der Waals surface area (Å²) in [7, 11) is 0. The summed E-state index contributed by atoms with van der Waals surface area (Å²) in [6.45, 7) is 11.5. The Labute approximate surface area is 198 Å². The highest BCUT2D eigenvalue weighted by molar-refractivity contribution is 5.54. The minimum atomic E-state index is 0.0321. The molecule has 1 heterocycles. The molecule has 0 aliphatic heterocycles. The van der Waals surface area contributed by atoms with Gasteiger partial charge in [0.2, 0.25) is 0 Å². The van der Waals surface area contributed by atoms with Crippen molar-refractivity contribution in [2.75, 3.05) is 11.9 Å². The van der Waals surface area contributed by atoms with Crippen molar-refractivity contribution in [3.05, 3.63) is 100 Å². The standard InChI is InChI=1S/C30H36N2O/c1-6-10-28(30(17-18-30)25-15-13-22(4)27(19-25)33-7-2)32-29-16-14-24(20-31-29)23(5)26-12-9-8-11-21(26)3/h8-16,19-20,23H,6-7,17-18H2,1-5H3,(H,31,32)/b28-10-. The first-order valence-electron chi connectivity index (χ1n) is 12.2. The second-order valence-electron chi connectivity index (χ2n) is 9.20. The second kappa shape index (κ2) is 9.82. The van der Waals surface area contributed by atoms with E-state index in [0.29, 0.717) is 12.5 Å². The Kier molecular flexibility index (Phi) is 6.88. The molecule has 0 radical (unpaired) electrons. The smallest absolute Gasteiger partial charge is 0.130 e. The van der Waals surface area contributed by atoms with Gasteiger partial charge >= 0.3 is 0 Å². The fourth-order valence-electron chi connectivity index (χ4n) is 4.74. The van der Waals surface area contributed by atoms with Crippen LogP contribution in [0.4, 0.5) is 5.82 Å². The van der Waals surface area contributed by atoms with Gasteiger partial charge in [0.25, 0.3) is 0 Å². The Morgan fingerprint density at radius 2 is 1.85 bits per heavy atom. The van der Waals surface area contributed by atoms with Gasteiger partial charge in [-0.15, -0.1) is 0 Å². The maximum Gasteiger partial charge on any atom is 0.130 e. The van der Waals surface area contributed by atoms with Gasteiger partial charge in [-0.3, -0.25) is 0 Å². The lowest BCUT2D eigenvalue weighted by Gasteiger charge is -2.23. The van der Waals surface area contributed by atoms with Crippen molar-refractivity contribution in [2.24, 2.45) is 0 Å². The highest BCUT2D eigenvalue weighted by Gasteiger charge is 2.48. The summed E-state index contributed by atoms with van der Waals surface area (Å²) in [5.41, 5.74) is 7.71. The van der Waals surface area contributed by atoms with Gasteiger partial charge < -0.3 is 10.1 Å². The van der Waals surface area contributed by atoms with Gasteiger partial charge in [-0.05, 0) is 80.0 Å². The minimum absolute atomic E-state index is 0.0321. The number of allylic oxidation sites excluding steroid dienone is 2. The summed E-state index contributed by atoms with van der Waals surface area (Å²) in [5.74, 6) is 2.21. The Hall–Kier alpha value is -3.07. The predicted octanol–water partition coefficient (Wildman–Crippen LogP) is 7.69. The van der Waals surface area contributed by atoms with Gasteiger partial charge in [0.15, 0.2) is 0 Å². The molecule has 0 spiro atoms. The number of anilines is 1. The average molecular weight is 441 g/mol. The van der Waals surface area contributed by atoms with E-state index >= 15 is 0 Å². The van der Waals surface area contributed by atoms with E-state index in [9.17, 15) is 0 Å². The first-order chi connectivity index (χ1) is 16.0. The molecule has 1 aliphatic rings. The lowest BCUT2D eigenvalue weighted by atomic mass is 9.90. The molecule has 3 aromatic rings. The number of nitrogens with one attached hydrogen (secondary N) is 1. The SMILES string of the molecule is CC/C=C(\Nc1ccc(C(C)c2ccccc2C)cn1)C1(c2ccc(C)c(OCC)c2)CC1. The van der Waals surface area contributed by atoms with Crippen LogP contribution in [0.1, 0.15) is 73.8 Å². The number of rotatable bonds is 9. The van der Waals surface area contributed by atoms with E-state index in [1.165, 1.54) is 33.5 Å². The molecule has 1 atom stereocenters. The average Bonchev–Trinajstić information content (AvgIpc) is 3.63. The molecule has 1 unspecified atom stereocenters. The van der Waals surface area contributed by atoms with Crippen LogP contribution in [0.2, 0.25) is 0 Å². The van der Waals surface area contributed by atoms with Crippen LogP contribution in [0.5, 0.6) is 5.75 Å². The van der Waals surface area contributed by atoms with Gasteiger partial charge in [-0.1, -0.05) is 62.4 Å². The summed E-state index contributed by atoms with van der Waals surface area (Å²) >= 11 is 0. The fraction of sp³-hybridized carbons (Fsp3) is 0.367.